The van der Waals surface area contributed by atoms with E-state index in [-0.39, 0.29) is 10.5 Å². The second-order valence-electron chi connectivity index (χ2n) is 4.86. The summed E-state index contributed by atoms with van der Waals surface area (Å²) < 4.78 is 28.0. The van der Waals surface area contributed by atoms with Crippen molar-refractivity contribution in [2.24, 2.45) is 0 Å². The molecule has 2 aromatic carbocycles. The van der Waals surface area contributed by atoms with Crippen molar-refractivity contribution < 1.29 is 18.3 Å². The van der Waals surface area contributed by atoms with Crippen LogP contribution in [0.15, 0.2) is 45.8 Å². The Bertz CT molecular complexity index is 847. The van der Waals surface area contributed by atoms with Crippen molar-refractivity contribution in [1.29, 1.82) is 0 Å². The molecule has 0 atom stereocenters. The highest BCUT2D eigenvalue weighted by molar-refractivity contribution is 9.10. The van der Waals surface area contributed by atoms with Crippen LogP contribution in [0.5, 0.6) is 0 Å². The van der Waals surface area contributed by atoms with Crippen LogP contribution >= 0.6 is 15.9 Å². The molecule has 0 aromatic heterocycles. The molecule has 0 radical (unpaired) electrons. The van der Waals surface area contributed by atoms with Crippen LogP contribution in [-0.2, 0) is 10.0 Å². The molecule has 5 nitrogen and oxygen atoms in total. The van der Waals surface area contributed by atoms with Gasteiger partial charge in [0.2, 0.25) is 0 Å². The third-order valence-corrected chi connectivity index (χ3v) is 5.25. The van der Waals surface area contributed by atoms with E-state index >= 15 is 0 Å². The maximum atomic E-state index is 12.5. The zero-order valence-corrected chi connectivity index (χ0v) is 14.3. The predicted molar refractivity (Wildman–Crippen MR) is 85.2 cm³/mol. The number of aryl methyl sites for hydroxylation is 2. The van der Waals surface area contributed by atoms with E-state index in [1.807, 2.05) is 6.92 Å². The number of carboxylic acid groups (broad SMARTS) is 1. The normalized spacial score (nSPS) is 11.2. The zero-order chi connectivity index (χ0) is 16.5. The molecule has 0 fully saturated rings. The van der Waals surface area contributed by atoms with Crippen molar-refractivity contribution in [1.82, 2.24) is 0 Å². The van der Waals surface area contributed by atoms with Crippen molar-refractivity contribution >= 4 is 37.6 Å². The summed E-state index contributed by atoms with van der Waals surface area (Å²) in [5.74, 6) is -1.42. The summed E-state index contributed by atoms with van der Waals surface area (Å²) in [5.41, 5.74) is 1.61. The molecule has 0 amide bonds. The second-order valence-corrected chi connectivity index (χ2v) is 7.36. The zero-order valence-electron chi connectivity index (χ0n) is 11.9. The second kappa shape index (κ2) is 6.10. The van der Waals surface area contributed by atoms with Gasteiger partial charge in [0.15, 0.2) is 0 Å². The van der Waals surface area contributed by atoms with Crippen LogP contribution in [0, 0.1) is 13.8 Å². The molecule has 7 heteroatoms. The molecule has 0 aliphatic carbocycles. The summed E-state index contributed by atoms with van der Waals surface area (Å²) in [6.07, 6.45) is 0. The number of hydrogen-bond donors (Lipinski definition) is 1. The van der Waals surface area contributed by atoms with Crippen LogP contribution < -0.4 is 9.83 Å². The monoisotopic (exact) mass is 382 g/mol. The number of carbonyl (C=O) groups excluding carboxylic acids is 1. The SMILES string of the molecule is Cc1ccc(NS(=O)(=O)c2cc(C(=O)[O-])ccc2C)c(Br)c1. The Balaban J connectivity index is 2.46. The van der Waals surface area contributed by atoms with Gasteiger partial charge in [0.05, 0.1) is 16.6 Å². The van der Waals surface area contributed by atoms with Crippen LogP contribution in [0.3, 0.4) is 0 Å². The highest BCUT2D eigenvalue weighted by Crippen LogP contribution is 2.27. The molecule has 0 saturated heterocycles. The van der Waals surface area contributed by atoms with E-state index in [0.29, 0.717) is 15.7 Å². The van der Waals surface area contributed by atoms with Gasteiger partial charge in [-0.25, -0.2) is 8.42 Å². The molecule has 0 aliphatic heterocycles. The van der Waals surface area contributed by atoms with E-state index in [0.717, 1.165) is 11.6 Å². The van der Waals surface area contributed by atoms with Crippen LogP contribution in [0.2, 0.25) is 0 Å². The number of aromatic carboxylic acids is 1. The fourth-order valence-corrected chi connectivity index (χ4v) is 3.99. The van der Waals surface area contributed by atoms with Gasteiger partial charge < -0.3 is 9.90 Å². The van der Waals surface area contributed by atoms with Crippen molar-refractivity contribution in [2.45, 2.75) is 18.7 Å². The number of hydrogen-bond acceptors (Lipinski definition) is 4. The highest BCUT2D eigenvalue weighted by atomic mass is 79.9. The lowest BCUT2D eigenvalue weighted by atomic mass is 10.1. The number of anilines is 1. The van der Waals surface area contributed by atoms with E-state index in [2.05, 4.69) is 20.7 Å². The van der Waals surface area contributed by atoms with E-state index in [1.54, 1.807) is 25.1 Å². The minimum atomic E-state index is -3.91. The average molecular weight is 383 g/mol. The Labute approximate surface area is 137 Å². The molecular formula is C15H13BrNO4S-. The quantitative estimate of drug-likeness (QED) is 0.877. The number of rotatable bonds is 4. The van der Waals surface area contributed by atoms with Gasteiger partial charge in [0.25, 0.3) is 10.0 Å². The Kier molecular flexibility index (Phi) is 4.58. The van der Waals surface area contributed by atoms with Gasteiger partial charge in [-0.1, -0.05) is 18.2 Å². The van der Waals surface area contributed by atoms with E-state index in [4.69, 9.17) is 0 Å². The number of carbonyl (C=O) groups is 1. The molecule has 0 bridgehead atoms. The first-order chi connectivity index (χ1) is 10.2. The minimum Gasteiger partial charge on any atom is -0.545 e. The summed E-state index contributed by atoms with van der Waals surface area (Å²) in [6.45, 7) is 3.48. The van der Waals surface area contributed by atoms with Gasteiger partial charge >= 0.3 is 0 Å². The molecule has 0 unspecified atom stereocenters. The number of carboxylic acids is 1. The van der Waals surface area contributed by atoms with Crippen LogP contribution in [-0.4, -0.2) is 14.4 Å². The fourth-order valence-electron chi connectivity index (χ4n) is 1.92. The number of benzene rings is 2. The van der Waals surface area contributed by atoms with Gasteiger partial charge in [0, 0.05) is 4.47 Å². The molecular weight excluding hydrogens is 370 g/mol. The summed E-state index contributed by atoms with van der Waals surface area (Å²) in [6, 6.07) is 9.02. The molecule has 0 aliphatic rings. The van der Waals surface area contributed by atoms with Crippen molar-refractivity contribution in [2.75, 3.05) is 4.72 Å². The average Bonchev–Trinajstić information content (AvgIpc) is 2.42. The Morgan fingerprint density at radius 1 is 1.14 bits per heavy atom. The molecule has 0 heterocycles. The van der Waals surface area contributed by atoms with Gasteiger partial charge in [0.1, 0.15) is 0 Å². The summed E-state index contributed by atoms with van der Waals surface area (Å²) in [4.78, 5) is 10.8. The smallest absolute Gasteiger partial charge is 0.262 e. The van der Waals surface area contributed by atoms with Crippen molar-refractivity contribution in [3.05, 3.63) is 57.6 Å². The third kappa shape index (κ3) is 3.48. The Hall–Kier alpha value is -1.86. The number of sulfonamides is 1. The summed E-state index contributed by atoms with van der Waals surface area (Å²) in [7, 11) is -3.91. The largest absolute Gasteiger partial charge is 0.545 e. The Morgan fingerprint density at radius 2 is 1.82 bits per heavy atom. The molecule has 2 aromatic rings. The predicted octanol–water partition coefficient (Wildman–Crippen LogP) is 2.23. The van der Waals surface area contributed by atoms with Crippen LogP contribution in [0.25, 0.3) is 0 Å². The van der Waals surface area contributed by atoms with E-state index < -0.39 is 16.0 Å². The van der Waals surface area contributed by atoms with Gasteiger partial charge in [-0.2, -0.15) is 0 Å². The molecule has 116 valence electrons. The lowest BCUT2D eigenvalue weighted by Gasteiger charge is -2.13. The summed E-state index contributed by atoms with van der Waals surface area (Å²) in [5, 5.41) is 10.9. The van der Waals surface area contributed by atoms with Crippen LogP contribution in [0.1, 0.15) is 21.5 Å². The van der Waals surface area contributed by atoms with Gasteiger partial charge in [-0.05, 0) is 64.7 Å². The first-order valence-electron chi connectivity index (χ1n) is 6.31. The highest BCUT2D eigenvalue weighted by Gasteiger charge is 2.19. The summed E-state index contributed by atoms with van der Waals surface area (Å²) >= 11 is 3.30. The van der Waals surface area contributed by atoms with Crippen molar-refractivity contribution in [3.8, 4) is 0 Å². The molecule has 1 N–H and O–H groups in total. The number of halogens is 1. The minimum absolute atomic E-state index is 0.0957. The van der Waals surface area contributed by atoms with Crippen LogP contribution in [0.4, 0.5) is 5.69 Å². The molecule has 0 saturated carbocycles. The van der Waals surface area contributed by atoms with Crippen molar-refractivity contribution in [3.63, 3.8) is 0 Å². The molecule has 22 heavy (non-hydrogen) atoms. The first kappa shape index (κ1) is 16.5. The maximum absolute atomic E-state index is 12.5. The van der Waals surface area contributed by atoms with E-state index in [1.165, 1.54) is 12.1 Å². The maximum Gasteiger partial charge on any atom is 0.262 e. The molecule has 2 rings (SSSR count). The Morgan fingerprint density at radius 3 is 2.41 bits per heavy atom. The van der Waals surface area contributed by atoms with E-state index in [9.17, 15) is 18.3 Å². The topological polar surface area (TPSA) is 86.3 Å². The lowest BCUT2D eigenvalue weighted by molar-refractivity contribution is -0.255. The molecule has 0 spiro atoms. The fraction of sp³-hybridized carbons (Fsp3) is 0.133. The van der Waals surface area contributed by atoms with Gasteiger partial charge in [-0.3, -0.25) is 4.72 Å². The van der Waals surface area contributed by atoms with Gasteiger partial charge in [-0.15, -0.1) is 0 Å². The first-order valence-corrected chi connectivity index (χ1v) is 8.59. The lowest BCUT2D eigenvalue weighted by Crippen LogP contribution is -2.23. The number of nitrogens with one attached hydrogen (secondary N) is 1. The standard InChI is InChI=1S/C15H14BrNO4S/c1-9-3-6-13(12(16)7-9)17-22(20,21)14-8-11(15(18)19)5-4-10(14)2/h3-8,17H,1-2H3,(H,18,19)/p-1. The third-order valence-electron chi connectivity index (χ3n) is 3.08.